The molecule has 0 saturated carbocycles. The number of fused-ring (bicyclic) bond motifs is 11. The van der Waals surface area contributed by atoms with Gasteiger partial charge in [-0.25, -0.2) is 38.4 Å². The fraction of sp³-hybridized carbons (Fsp3) is 0.176. The molecule has 7 aliphatic heterocycles. The van der Waals surface area contributed by atoms with Crippen LogP contribution in [-0.4, -0.2) is 249 Å². The molecule has 7 heterocycles. The Morgan fingerprint density at radius 3 is 1.17 bits per heavy atom. The van der Waals surface area contributed by atoms with Crippen molar-refractivity contribution in [3.8, 4) is 188 Å². The maximum Gasteiger partial charge on any atom is 0.344 e. The highest BCUT2D eigenvalue weighted by Crippen LogP contribution is 2.64. The highest BCUT2D eigenvalue weighted by molar-refractivity contribution is 6.17. The van der Waals surface area contributed by atoms with Crippen LogP contribution in [0.3, 0.4) is 0 Å². The minimum absolute atomic E-state index is 0.116. The number of esters is 8. The maximum absolute atomic E-state index is 15.8. The number of aliphatic hydroxyl groups excluding tert-OH is 3. The Bertz CT molecular complexity index is 5660. The van der Waals surface area contributed by atoms with E-state index < -0.39 is 361 Å². The number of benzene rings is 8. The van der Waals surface area contributed by atoms with E-state index in [0.29, 0.717) is 12.1 Å². The van der Waals surface area contributed by atoms with Crippen LogP contribution < -0.4 is 4.74 Å². The lowest BCUT2D eigenvalue weighted by Gasteiger charge is -2.41. The predicted molar refractivity (Wildman–Crippen MR) is 344 cm³/mol. The van der Waals surface area contributed by atoms with Crippen molar-refractivity contribution in [3.63, 3.8) is 0 Å². The third kappa shape index (κ3) is 10.7. The summed E-state index contributed by atoms with van der Waals surface area (Å²) in [5, 5.41) is 294. The second kappa shape index (κ2) is 25.6. The molecule has 44 nitrogen and oxygen atoms in total. The molecular weight excluding hydrogens is 1520 g/mol. The Labute approximate surface area is 613 Å². The van der Waals surface area contributed by atoms with Crippen molar-refractivity contribution in [3.05, 3.63) is 86.5 Å². The molecule has 582 valence electrons. The van der Waals surface area contributed by atoms with Crippen LogP contribution in [0.15, 0.2) is 36.4 Å². The number of hydrogen-bond donors (Lipinski definition) is 26. The monoisotopic (exact) mass is 1570 g/mol. The fourth-order valence-corrected chi connectivity index (χ4v) is 13.4. The van der Waals surface area contributed by atoms with Crippen molar-refractivity contribution in [2.75, 3.05) is 13.2 Å². The minimum atomic E-state index is -3.12. The number of cyclic esters (lactones) is 2. The van der Waals surface area contributed by atoms with Gasteiger partial charge in [0.15, 0.2) is 123 Å². The van der Waals surface area contributed by atoms with E-state index >= 15 is 14.4 Å². The van der Waals surface area contributed by atoms with Crippen LogP contribution >= 0.6 is 0 Å². The van der Waals surface area contributed by atoms with E-state index in [-0.39, 0.29) is 24.3 Å². The van der Waals surface area contributed by atoms with Crippen molar-refractivity contribution in [1.29, 1.82) is 0 Å². The first-order chi connectivity index (χ1) is 52.7. The molecule has 15 rings (SSSR count). The quantitative estimate of drug-likeness (QED) is 0.0673. The summed E-state index contributed by atoms with van der Waals surface area (Å²) in [5.41, 5.74) is -23.3. The van der Waals surface area contributed by atoms with Crippen LogP contribution in [0, 0.1) is 0 Å². The number of aliphatic hydroxyl groups is 3. The van der Waals surface area contributed by atoms with Gasteiger partial charge in [-0.15, -0.1) is 0 Å². The van der Waals surface area contributed by atoms with Gasteiger partial charge < -0.3 is 180 Å². The molecule has 0 amide bonds. The van der Waals surface area contributed by atoms with Gasteiger partial charge in [-0.2, -0.15) is 0 Å². The molecular formula is C68H46O44. The largest absolute Gasteiger partial charge is 0.504 e. The van der Waals surface area contributed by atoms with Gasteiger partial charge in [0.05, 0.1) is 38.9 Å². The number of phenolic OH excluding ortho intramolecular Hbond substituents is 23. The molecule has 0 radical (unpaired) electrons. The average molecular weight is 1570 g/mol. The minimum Gasteiger partial charge on any atom is -0.504 e. The van der Waals surface area contributed by atoms with E-state index in [0.717, 1.165) is 0 Å². The SMILES string of the molecule is O=C(OC1OC2COC(=O)c3cc(O)c(O)c(O)c3-c3c(cc(O)c(O)c3O)C(=O)OC2C(O)C1O)c1cc(O)c(O)c(O)c1Oc1cc2c(c(O)c1O)-c1c(cc(O)c(O)c1O)C(=O)OCC1OC(=O)c3cc(O)c(O)c(O)c3-c3c(O)c(O)c(O)c4c3C(=O)OC(C1OC2=O)C1OC(=O)c2c-4c(O)c(O)c(O)c2C1O. The molecule has 6 bridgehead atoms. The molecule has 44 heteroatoms. The lowest BCUT2D eigenvalue weighted by molar-refractivity contribution is -0.284. The van der Waals surface area contributed by atoms with E-state index in [1.54, 1.807) is 0 Å². The third-order valence-electron chi connectivity index (χ3n) is 18.8. The molecule has 0 spiro atoms. The Morgan fingerprint density at radius 1 is 0.312 bits per heavy atom. The van der Waals surface area contributed by atoms with Crippen LogP contribution in [0.1, 0.15) is 94.5 Å². The number of hydrogen-bond acceptors (Lipinski definition) is 44. The molecule has 7 aliphatic rings. The summed E-state index contributed by atoms with van der Waals surface area (Å²) >= 11 is 0. The van der Waals surface area contributed by atoms with Gasteiger partial charge in [-0.05, 0) is 24.3 Å². The van der Waals surface area contributed by atoms with Gasteiger partial charge in [-0.3, -0.25) is 0 Å². The fourth-order valence-electron chi connectivity index (χ4n) is 13.4. The molecule has 8 aromatic carbocycles. The number of ether oxygens (including phenoxy) is 10. The summed E-state index contributed by atoms with van der Waals surface area (Å²) in [6.45, 7) is -3.07. The maximum atomic E-state index is 15.8. The van der Waals surface area contributed by atoms with Gasteiger partial charge >= 0.3 is 47.8 Å². The molecule has 26 N–H and O–H groups in total. The first-order valence-electron chi connectivity index (χ1n) is 31.3. The van der Waals surface area contributed by atoms with Crippen molar-refractivity contribution in [2.45, 2.75) is 61.2 Å². The average Bonchev–Trinajstić information content (AvgIpc) is 0.895. The molecule has 1 saturated heterocycles. The molecule has 10 unspecified atom stereocenters. The standard InChI is InChI=1S/C68H46O44/c69-15-1-9-23(40(80)34(15)74)25-11(3-17(71)36(76)42(25)82)63(98)108-56-21(7-103-60(9)95)107-68(54(94)53(56)93)112-65(100)14-5-19(73)38(78)52(92)55(14)105-20-6-13-26(44(84)39(20)79)24-10(2-16(70)35(75)41(24)81)61(96)104-8-22-57(109-64(13)99)59-58-49(89)33-32(67(102)110-58)30(47(87)51(91)48(33)88)29-31(66(101)111-59)28(45(85)50(90)46(29)86)27-12(62(97)106-22)4-18(72)37(77)43(27)83/h1-6,21-22,49,53-54,56-59,68-94H,7-8H2. The summed E-state index contributed by atoms with van der Waals surface area (Å²) in [7, 11) is 0. The number of carbonyl (C=O) groups excluding carboxylic acids is 8. The molecule has 0 aliphatic carbocycles. The van der Waals surface area contributed by atoms with Crippen molar-refractivity contribution >= 4 is 47.8 Å². The lowest BCUT2D eigenvalue weighted by Crippen LogP contribution is -2.61. The topological polar surface area (TPSA) is 755 Å². The smallest absolute Gasteiger partial charge is 0.344 e. The molecule has 10 atom stereocenters. The second-order valence-electron chi connectivity index (χ2n) is 25.0. The van der Waals surface area contributed by atoms with E-state index in [2.05, 4.69) is 0 Å². The summed E-state index contributed by atoms with van der Waals surface area (Å²) in [4.78, 5) is 118. The van der Waals surface area contributed by atoms with Gasteiger partial charge in [0.2, 0.25) is 58.0 Å². The Kier molecular flexibility index (Phi) is 16.8. The van der Waals surface area contributed by atoms with Gasteiger partial charge in [-0.1, -0.05) is 0 Å². The molecule has 1 fully saturated rings. The van der Waals surface area contributed by atoms with E-state index in [9.17, 15) is 157 Å². The van der Waals surface area contributed by atoms with Gasteiger partial charge in [0.1, 0.15) is 43.2 Å². The predicted octanol–water partition coefficient (Wildman–Crippen LogP) is 1.42. The molecule has 8 aromatic rings. The first kappa shape index (κ1) is 73.5. The van der Waals surface area contributed by atoms with Gasteiger partial charge in [0.25, 0.3) is 0 Å². The highest BCUT2D eigenvalue weighted by Gasteiger charge is 2.57. The van der Waals surface area contributed by atoms with Crippen LogP contribution in [0.25, 0.3) is 44.5 Å². The Morgan fingerprint density at radius 2 is 0.670 bits per heavy atom. The number of aromatic hydroxyl groups is 23. The zero-order valence-electron chi connectivity index (χ0n) is 54.6. The molecule has 112 heavy (non-hydrogen) atoms. The Hall–Kier alpha value is -15.4. The van der Waals surface area contributed by atoms with Crippen molar-refractivity contribution in [2.24, 2.45) is 0 Å². The highest BCUT2D eigenvalue weighted by atomic mass is 16.7. The normalized spacial score (nSPS) is 21.7. The summed E-state index contributed by atoms with van der Waals surface area (Å²) < 4.78 is 55.7. The summed E-state index contributed by atoms with van der Waals surface area (Å²) in [5.74, 6) is -56.8. The number of carbonyl (C=O) groups is 8. The lowest BCUT2D eigenvalue weighted by atomic mass is 9.80. The van der Waals surface area contributed by atoms with Crippen LogP contribution in [0.5, 0.6) is 144 Å². The van der Waals surface area contributed by atoms with E-state index in [4.69, 9.17) is 47.4 Å². The van der Waals surface area contributed by atoms with Gasteiger partial charge in [0, 0.05) is 62.2 Å². The second-order valence-corrected chi connectivity index (χ2v) is 25.0. The summed E-state index contributed by atoms with van der Waals surface area (Å²) in [6.07, 6.45) is -27.6. The number of rotatable bonds is 4. The Balaban J connectivity index is 0.906. The van der Waals surface area contributed by atoms with Crippen LogP contribution in [-0.2, 0) is 42.6 Å². The summed E-state index contributed by atoms with van der Waals surface area (Å²) in [6, 6.07) is 1.53. The van der Waals surface area contributed by atoms with E-state index in [1.807, 2.05) is 0 Å². The first-order valence-corrected chi connectivity index (χ1v) is 31.3. The number of phenols is 23. The zero-order valence-corrected chi connectivity index (χ0v) is 54.6. The van der Waals surface area contributed by atoms with Crippen molar-refractivity contribution < 1.29 is 218 Å². The zero-order chi connectivity index (χ0) is 81.4. The van der Waals surface area contributed by atoms with Crippen LogP contribution in [0.4, 0.5) is 0 Å². The molecule has 0 aromatic heterocycles. The third-order valence-corrected chi connectivity index (χ3v) is 18.8. The van der Waals surface area contributed by atoms with Crippen LogP contribution in [0.2, 0.25) is 0 Å². The van der Waals surface area contributed by atoms with E-state index in [1.165, 1.54) is 0 Å². The van der Waals surface area contributed by atoms with Crippen molar-refractivity contribution in [1.82, 2.24) is 0 Å².